The number of aromatic nitrogens is 2. The second-order valence-electron chi connectivity index (χ2n) is 5.70. The van der Waals surface area contributed by atoms with Gasteiger partial charge < -0.3 is 15.5 Å². The van der Waals surface area contributed by atoms with Gasteiger partial charge in [-0.1, -0.05) is 12.1 Å². The first kappa shape index (κ1) is 17.8. The Hall–Kier alpha value is -2.54. The molecule has 0 spiro atoms. The minimum absolute atomic E-state index is 0.256. The van der Waals surface area contributed by atoms with E-state index in [9.17, 15) is 9.18 Å². The highest BCUT2D eigenvalue weighted by molar-refractivity contribution is 5.93. The Morgan fingerprint density at radius 1 is 1.25 bits per heavy atom. The highest BCUT2D eigenvalue weighted by Crippen LogP contribution is 2.18. The molecule has 0 aliphatic heterocycles. The van der Waals surface area contributed by atoms with Crippen molar-refractivity contribution in [3.63, 3.8) is 0 Å². The standard InChI is InChI=1S/C17H22FN5O/c1-12-20-15(17(24)19-9-6-10-23(2)3)11-16(21-12)22-14-8-5-4-7-13(14)18/h4-5,7-8,11H,6,9-10H2,1-3H3,(H,19,24)(H,20,21,22). The van der Waals surface area contributed by atoms with Crippen LogP contribution < -0.4 is 10.6 Å². The molecule has 2 N–H and O–H groups in total. The summed E-state index contributed by atoms with van der Waals surface area (Å²) in [4.78, 5) is 22.6. The number of amides is 1. The number of halogens is 1. The topological polar surface area (TPSA) is 70.2 Å². The molecule has 24 heavy (non-hydrogen) atoms. The van der Waals surface area contributed by atoms with Crippen molar-refractivity contribution in [2.24, 2.45) is 0 Å². The van der Waals surface area contributed by atoms with E-state index in [-0.39, 0.29) is 17.4 Å². The lowest BCUT2D eigenvalue weighted by Crippen LogP contribution is -2.28. The molecule has 0 bridgehead atoms. The number of carbonyl (C=O) groups is 1. The van der Waals surface area contributed by atoms with Crippen LogP contribution in [0.4, 0.5) is 15.9 Å². The summed E-state index contributed by atoms with van der Waals surface area (Å²) in [5.74, 6) is 0.167. The largest absolute Gasteiger partial charge is 0.351 e. The van der Waals surface area contributed by atoms with Crippen LogP contribution in [-0.4, -0.2) is 48.0 Å². The Balaban J connectivity index is 2.05. The summed E-state index contributed by atoms with van der Waals surface area (Å²) in [5.41, 5.74) is 0.555. The molecule has 1 aromatic heterocycles. The number of hydrogen-bond donors (Lipinski definition) is 2. The van der Waals surface area contributed by atoms with E-state index < -0.39 is 0 Å². The molecule has 7 heteroatoms. The Morgan fingerprint density at radius 2 is 2.00 bits per heavy atom. The lowest BCUT2D eigenvalue weighted by atomic mass is 10.3. The van der Waals surface area contributed by atoms with Gasteiger partial charge in [0.25, 0.3) is 5.91 Å². The molecule has 1 heterocycles. The minimum atomic E-state index is -0.386. The van der Waals surface area contributed by atoms with E-state index in [4.69, 9.17) is 0 Å². The van der Waals surface area contributed by atoms with Crippen LogP contribution in [0.2, 0.25) is 0 Å². The van der Waals surface area contributed by atoms with E-state index in [2.05, 4.69) is 25.5 Å². The number of rotatable bonds is 7. The molecule has 0 atom stereocenters. The molecule has 128 valence electrons. The van der Waals surface area contributed by atoms with Crippen molar-refractivity contribution in [1.82, 2.24) is 20.2 Å². The average Bonchev–Trinajstić information content (AvgIpc) is 2.53. The first-order valence-corrected chi connectivity index (χ1v) is 7.76. The molecule has 0 unspecified atom stereocenters. The molecular formula is C17H22FN5O. The average molecular weight is 331 g/mol. The lowest BCUT2D eigenvalue weighted by Gasteiger charge is -2.11. The van der Waals surface area contributed by atoms with E-state index in [1.807, 2.05) is 14.1 Å². The molecule has 0 saturated heterocycles. The zero-order valence-corrected chi connectivity index (χ0v) is 14.1. The van der Waals surface area contributed by atoms with E-state index >= 15 is 0 Å². The number of carbonyl (C=O) groups excluding carboxylic acids is 1. The van der Waals surface area contributed by atoms with Gasteiger partial charge in [-0.3, -0.25) is 4.79 Å². The Kier molecular flexibility index (Phi) is 6.20. The monoisotopic (exact) mass is 331 g/mol. The van der Waals surface area contributed by atoms with Gasteiger partial charge in [0.15, 0.2) is 0 Å². The van der Waals surface area contributed by atoms with Crippen molar-refractivity contribution in [2.45, 2.75) is 13.3 Å². The van der Waals surface area contributed by atoms with E-state index in [1.54, 1.807) is 25.1 Å². The highest BCUT2D eigenvalue weighted by atomic mass is 19.1. The number of nitrogens with zero attached hydrogens (tertiary/aromatic N) is 3. The first-order valence-electron chi connectivity index (χ1n) is 7.76. The van der Waals surface area contributed by atoms with Crippen LogP contribution in [0.3, 0.4) is 0 Å². The molecule has 1 aromatic carbocycles. The molecule has 6 nitrogen and oxygen atoms in total. The zero-order valence-electron chi connectivity index (χ0n) is 14.1. The van der Waals surface area contributed by atoms with Crippen LogP contribution in [0.5, 0.6) is 0 Å². The highest BCUT2D eigenvalue weighted by Gasteiger charge is 2.11. The number of benzene rings is 1. The van der Waals surface area contributed by atoms with Gasteiger partial charge in [0.05, 0.1) is 5.69 Å². The van der Waals surface area contributed by atoms with Crippen LogP contribution in [-0.2, 0) is 0 Å². The van der Waals surface area contributed by atoms with Gasteiger partial charge in [0.1, 0.15) is 23.2 Å². The number of para-hydroxylation sites is 1. The van der Waals surface area contributed by atoms with Gasteiger partial charge >= 0.3 is 0 Å². The SMILES string of the molecule is Cc1nc(Nc2ccccc2F)cc(C(=O)NCCCN(C)C)n1. The van der Waals surface area contributed by atoms with Crippen LogP contribution in [0.15, 0.2) is 30.3 Å². The predicted molar refractivity (Wildman–Crippen MR) is 92.0 cm³/mol. The lowest BCUT2D eigenvalue weighted by molar-refractivity contribution is 0.0947. The maximum absolute atomic E-state index is 13.7. The summed E-state index contributed by atoms with van der Waals surface area (Å²) >= 11 is 0. The van der Waals surface area contributed by atoms with Crippen molar-refractivity contribution in [3.05, 3.63) is 47.7 Å². The number of hydrogen-bond acceptors (Lipinski definition) is 5. The summed E-state index contributed by atoms with van der Waals surface area (Å²) in [7, 11) is 3.96. The minimum Gasteiger partial charge on any atom is -0.351 e. The molecule has 0 radical (unpaired) electrons. The molecule has 0 aliphatic rings. The number of nitrogens with one attached hydrogen (secondary N) is 2. The van der Waals surface area contributed by atoms with E-state index in [0.717, 1.165) is 13.0 Å². The molecule has 0 saturated carbocycles. The summed E-state index contributed by atoms with van der Waals surface area (Å²) in [6.45, 7) is 3.15. The summed E-state index contributed by atoms with van der Waals surface area (Å²) in [5, 5.41) is 5.70. The fourth-order valence-corrected chi connectivity index (χ4v) is 2.14. The van der Waals surface area contributed by atoms with Gasteiger partial charge in [0.2, 0.25) is 0 Å². The fraction of sp³-hybridized carbons (Fsp3) is 0.353. The maximum atomic E-state index is 13.7. The third-order valence-electron chi connectivity index (χ3n) is 3.27. The Morgan fingerprint density at radius 3 is 2.71 bits per heavy atom. The fourth-order valence-electron chi connectivity index (χ4n) is 2.14. The third-order valence-corrected chi connectivity index (χ3v) is 3.27. The second-order valence-corrected chi connectivity index (χ2v) is 5.70. The normalized spacial score (nSPS) is 10.7. The predicted octanol–water partition coefficient (Wildman–Crippen LogP) is 2.35. The zero-order chi connectivity index (χ0) is 17.5. The van der Waals surface area contributed by atoms with Crippen LogP contribution in [0.1, 0.15) is 22.7 Å². The van der Waals surface area contributed by atoms with Crippen molar-refractivity contribution in [3.8, 4) is 0 Å². The summed E-state index contributed by atoms with van der Waals surface area (Å²) < 4.78 is 13.7. The van der Waals surface area contributed by atoms with Gasteiger partial charge in [-0.05, 0) is 46.1 Å². The quantitative estimate of drug-likeness (QED) is 0.762. The molecule has 1 amide bonds. The maximum Gasteiger partial charge on any atom is 0.270 e. The molecular weight excluding hydrogens is 309 g/mol. The van der Waals surface area contributed by atoms with Gasteiger partial charge in [-0.2, -0.15) is 0 Å². The van der Waals surface area contributed by atoms with Crippen molar-refractivity contribution >= 4 is 17.4 Å². The van der Waals surface area contributed by atoms with Crippen LogP contribution >= 0.6 is 0 Å². The molecule has 2 aromatic rings. The van der Waals surface area contributed by atoms with Crippen LogP contribution in [0.25, 0.3) is 0 Å². The molecule has 0 fully saturated rings. The van der Waals surface area contributed by atoms with Crippen molar-refractivity contribution in [2.75, 3.05) is 32.5 Å². The van der Waals surface area contributed by atoms with Gasteiger partial charge in [-0.15, -0.1) is 0 Å². The first-order chi connectivity index (χ1) is 11.5. The molecule has 2 rings (SSSR count). The van der Waals surface area contributed by atoms with Gasteiger partial charge in [0, 0.05) is 12.6 Å². The molecule has 0 aliphatic carbocycles. The summed E-state index contributed by atoms with van der Waals surface area (Å²) in [6, 6.07) is 7.80. The van der Waals surface area contributed by atoms with E-state index in [0.29, 0.717) is 23.9 Å². The smallest absolute Gasteiger partial charge is 0.270 e. The third kappa shape index (κ3) is 5.27. The van der Waals surface area contributed by atoms with Crippen LogP contribution in [0, 0.1) is 12.7 Å². The van der Waals surface area contributed by atoms with Crippen molar-refractivity contribution < 1.29 is 9.18 Å². The Bertz CT molecular complexity index is 705. The number of aryl methyl sites for hydroxylation is 1. The second kappa shape index (κ2) is 8.35. The van der Waals surface area contributed by atoms with Crippen molar-refractivity contribution in [1.29, 1.82) is 0 Å². The Labute approximate surface area is 141 Å². The van der Waals surface area contributed by atoms with E-state index in [1.165, 1.54) is 12.1 Å². The van der Waals surface area contributed by atoms with Gasteiger partial charge in [-0.25, -0.2) is 14.4 Å². The summed E-state index contributed by atoms with van der Waals surface area (Å²) in [6.07, 6.45) is 0.850. The number of anilines is 2.